The van der Waals surface area contributed by atoms with Crippen LogP contribution in [0.4, 0.5) is 0 Å². The molecular formula is C13H14BrNS. The fourth-order valence-electron chi connectivity index (χ4n) is 1.58. The van der Waals surface area contributed by atoms with Crippen LogP contribution in [0.25, 0.3) is 0 Å². The molecule has 0 unspecified atom stereocenters. The smallest absolute Gasteiger partial charge is 0.0302 e. The Morgan fingerprint density at radius 2 is 2.06 bits per heavy atom. The summed E-state index contributed by atoms with van der Waals surface area (Å²) >= 11 is 5.34. The van der Waals surface area contributed by atoms with Crippen LogP contribution in [-0.2, 0) is 13.1 Å². The Bertz CT molecular complexity index is 451. The Kier molecular flexibility index (Phi) is 4.16. The van der Waals surface area contributed by atoms with Crippen molar-refractivity contribution in [2.24, 2.45) is 0 Å². The van der Waals surface area contributed by atoms with E-state index in [0.29, 0.717) is 0 Å². The predicted molar refractivity (Wildman–Crippen MR) is 73.7 cm³/mol. The lowest BCUT2D eigenvalue weighted by Gasteiger charge is -2.08. The van der Waals surface area contributed by atoms with Crippen molar-refractivity contribution < 1.29 is 0 Å². The van der Waals surface area contributed by atoms with Gasteiger partial charge in [-0.25, -0.2) is 0 Å². The summed E-state index contributed by atoms with van der Waals surface area (Å²) in [4.78, 5) is 1.38. The van der Waals surface area contributed by atoms with Crippen LogP contribution in [0.5, 0.6) is 0 Å². The van der Waals surface area contributed by atoms with Crippen LogP contribution in [0.2, 0.25) is 0 Å². The topological polar surface area (TPSA) is 12.0 Å². The summed E-state index contributed by atoms with van der Waals surface area (Å²) in [6, 6.07) is 10.6. The monoisotopic (exact) mass is 295 g/mol. The first kappa shape index (κ1) is 11.8. The van der Waals surface area contributed by atoms with E-state index in [2.05, 4.69) is 63.9 Å². The van der Waals surface area contributed by atoms with E-state index in [4.69, 9.17) is 0 Å². The number of rotatable bonds is 4. The van der Waals surface area contributed by atoms with E-state index in [1.54, 1.807) is 11.3 Å². The molecule has 1 aromatic carbocycles. The molecule has 0 fully saturated rings. The molecule has 0 saturated carbocycles. The maximum absolute atomic E-state index is 3.55. The Morgan fingerprint density at radius 1 is 1.19 bits per heavy atom. The van der Waals surface area contributed by atoms with Crippen LogP contribution >= 0.6 is 27.3 Å². The van der Waals surface area contributed by atoms with Gasteiger partial charge in [-0.2, -0.15) is 0 Å². The maximum Gasteiger partial charge on any atom is 0.0302 e. The zero-order valence-corrected chi connectivity index (χ0v) is 11.6. The summed E-state index contributed by atoms with van der Waals surface area (Å²) in [6.45, 7) is 4.01. The van der Waals surface area contributed by atoms with Crippen LogP contribution in [-0.4, -0.2) is 0 Å². The van der Waals surface area contributed by atoms with Gasteiger partial charge in [-0.1, -0.05) is 34.1 Å². The molecule has 0 saturated heterocycles. The number of nitrogens with one attached hydrogen (secondary N) is 1. The molecule has 16 heavy (non-hydrogen) atoms. The molecule has 2 rings (SSSR count). The lowest BCUT2D eigenvalue weighted by atomic mass is 10.1. The minimum absolute atomic E-state index is 0.920. The third kappa shape index (κ3) is 2.94. The predicted octanol–water partition coefficient (Wildman–Crippen LogP) is 4.11. The van der Waals surface area contributed by atoms with Gasteiger partial charge in [0.05, 0.1) is 0 Å². The van der Waals surface area contributed by atoms with Gasteiger partial charge in [0.15, 0.2) is 0 Å². The van der Waals surface area contributed by atoms with E-state index < -0.39 is 0 Å². The molecular weight excluding hydrogens is 282 g/mol. The highest BCUT2D eigenvalue weighted by Gasteiger charge is 2.01. The lowest BCUT2D eigenvalue weighted by molar-refractivity contribution is 0.697. The van der Waals surface area contributed by atoms with E-state index in [1.165, 1.54) is 20.5 Å². The minimum Gasteiger partial charge on any atom is -0.308 e. The molecule has 0 aliphatic rings. The van der Waals surface area contributed by atoms with Gasteiger partial charge in [-0.15, -0.1) is 11.3 Å². The van der Waals surface area contributed by atoms with Gasteiger partial charge in [-0.3, -0.25) is 0 Å². The van der Waals surface area contributed by atoms with Crippen LogP contribution in [0, 0.1) is 6.92 Å². The van der Waals surface area contributed by atoms with Crippen LogP contribution in [0.15, 0.2) is 40.2 Å². The largest absolute Gasteiger partial charge is 0.308 e. The van der Waals surface area contributed by atoms with E-state index in [0.717, 1.165) is 13.1 Å². The highest BCUT2D eigenvalue weighted by atomic mass is 79.9. The van der Waals surface area contributed by atoms with Gasteiger partial charge in [0.1, 0.15) is 0 Å². The summed E-state index contributed by atoms with van der Waals surface area (Å²) in [5.74, 6) is 0. The second kappa shape index (κ2) is 5.62. The molecule has 0 spiro atoms. The molecule has 0 amide bonds. The molecule has 0 radical (unpaired) electrons. The molecule has 3 heteroatoms. The van der Waals surface area contributed by atoms with Gasteiger partial charge in [0.25, 0.3) is 0 Å². The summed E-state index contributed by atoms with van der Waals surface area (Å²) in [5.41, 5.74) is 2.67. The van der Waals surface area contributed by atoms with Crippen molar-refractivity contribution in [2.75, 3.05) is 0 Å². The fraction of sp³-hybridized carbons (Fsp3) is 0.231. The molecule has 2 aromatic rings. The average Bonchev–Trinajstić information content (AvgIpc) is 2.77. The highest BCUT2D eigenvalue weighted by molar-refractivity contribution is 9.10. The van der Waals surface area contributed by atoms with Crippen LogP contribution in [0.1, 0.15) is 16.0 Å². The standard InChI is InChI=1S/C13H14BrNS/c1-10-11(4-2-6-13(10)14)8-15-9-12-5-3-7-16-12/h2-7,15H,8-9H2,1H3. The molecule has 1 N–H and O–H groups in total. The highest BCUT2D eigenvalue weighted by Crippen LogP contribution is 2.19. The third-order valence-electron chi connectivity index (χ3n) is 2.57. The molecule has 0 aliphatic heterocycles. The van der Waals surface area contributed by atoms with Crippen molar-refractivity contribution in [2.45, 2.75) is 20.0 Å². The van der Waals surface area contributed by atoms with Crippen molar-refractivity contribution in [3.8, 4) is 0 Å². The number of hydrogen-bond donors (Lipinski definition) is 1. The normalized spacial score (nSPS) is 10.6. The number of thiophene rings is 1. The quantitative estimate of drug-likeness (QED) is 0.895. The van der Waals surface area contributed by atoms with E-state index in [9.17, 15) is 0 Å². The molecule has 1 heterocycles. The van der Waals surface area contributed by atoms with Crippen molar-refractivity contribution in [3.63, 3.8) is 0 Å². The summed E-state index contributed by atoms with van der Waals surface area (Å²) in [6.07, 6.45) is 0. The second-order valence-corrected chi connectivity index (χ2v) is 5.59. The summed E-state index contributed by atoms with van der Waals surface area (Å²) in [7, 11) is 0. The van der Waals surface area contributed by atoms with Crippen molar-refractivity contribution in [1.29, 1.82) is 0 Å². The number of halogens is 1. The third-order valence-corrected chi connectivity index (χ3v) is 4.31. The zero-order chi connectivity index (χ0) is 11.4. The average molecular weight is 296 g/mol. The lowest BCUT2D eigenvalue weighted by Crippen LogP contribution is -2.12. The van der Waals surface area contributed by atoms with Gasteiger partial charge >= 0.3 is 0 Å². The molecule has 0 aliphatic carbocycles. The van der Waals surface area contributed by atoms with Crippen LogP contribution in [0.3, 0.4) is 0 Å². The Morgan fingerprint density at radius 3 is 2.81 bits per heavy atom. The Balaban J connectivity index is 1.92. The summed E-state index contributed by atoms with van der Waals surface area (Å²) in [5, 5.41) is 5.57. The molecule has 1 aromatic heterocycles. The zero-order valence-electron chi connectivity index (χ0n) is 9.16. The molecule has 0 bridgehead atoms. The fourth-order valence-corrected chi connectivity index (χ4v) is 2.66. The second-order valence-electron chi connectivity index (χ2n) is 3.71. The summed E-state index contributed by atoms with van der Waals surface area (Å²) < 4.78 is 1.18. The molecule has 0 atom stereocenters. The van der Waals surface area contributed by atoms with Gasteiger partial charge < -0.3 is 5.32 Å². The van der Waals surface area contributed by atoms with Crippen LogP contribution < -0.4 is 5.32 Å². The minimum atomic E-state index is 0.920. The first-order valence-electron chi connectivity index (χ1n) is 5.24. The number of benzene rings is 1. The maximum atomic E-state index is 3.55. The van der Waals surface area contributed by atoms with Crippen molar-refractivity contribution in [1.82, 2.24) is 5.32 Å². The Labute approximate surface area is 109 Å². The number of hydrogen-bond acceptors (Lipinski definition) is 2. The van der Waals surface area contributed by atoms with Crippen molar-refractivity contribution in [3.05, 3.63) is 56.2 Å². The SMILES string of the molecule is Cc1c(Br)cccc1CNCc1cccs1. The van der Waals surface area contributed by atoms with E-state index >= 15 is 0 Å². The van der Waals surface area contributed by atoms with Crippen molar-refractivity contribution >= 4 is 27.3 Å². The Hall–Kier alpha value is -0.640. The molecule has 84 valence electrons. The first-order valence-corrected chi connectivity index (χ1v) is 6.92. The van der Waals surface area contributed by atoms with Gasteiger partial charge in [0.2, 0.25) is 0 Å². The van der Waals surface area contributed by atoms with E-state index in [-0.39, 0.29) is 0 Å². The molecule has 1 nitrogen and oxygen atoms in total. The van der Waals surface area contributed by atoms with Gasteiger partial charge in [0, 0.05) is 22.4 Å². The van der Waals surface area contributed by atoms with Gasteiger partial charge in [-0.05, 0) is 35.6 Å². The van der Waals surface area contributed by atoms with E-state index in [1.807, 2.05) is 0 Å². The first-order chi connectivity index (χ1) is 7.77.